The van der Waals surface area contributed by atoms with Crippen LogP contribution in [0.5, 0.6) is 0 Å². The highest BCUT2D eigenvalue weighted by Crippen LogP contribution is 2.34. The predicted molar refractivity (Wildman–Crippen MR) is 97.8 cm³/mol. The van der Waals surface area contributed by atoms with Gasteiger partial charge in [0.05, 0.1) is 5.57 Å². The van der Waals surface area contributed by atoms with E-state index in [9.17, 15) is 13.2 Å². The molecule has 134 valence electrons. The summed E-state index contributed by atoms with van der Waals surface area (Å²) in [5.41, 5.74) is -0.778. The van der Waals surface area contributed by atoms with Crippen LogP contribution in [0.25, 0.3) is 5.57 Å². The third-order valence-corrected chi connectivity index (χ3v) is 3.61. The van der Waals surface area contributed by atoms with E-state index in [0.29, 0.717) is 15.5 Å². The van der Waals surface area contributed by atoms with Gasteiger partial charge < -0.3 is 10.0 Å². The molecule has 2 nitrogen and oxygen atoms in total. The van der Waals surface area contributed by atoms with Crippen LogP contribution >= 0.6 is 46.4 Å². The molecule has 0 heterocycles. The third kappa shape index (κ3) is 7.48. The lowest BCUT2D eigenvalue weighted by Gasteiger charge is -2.10. The Kier molecular flexibility index (Phi) is 8.13. The van der Waals surface area contributed by atoms with Crippen molar-refractivity contribution in [1.29, 1.82) is 0 Å². The Morgan fingerprint density at radius 1 is 0.800 bits per heavy atom. The highest BCUT2D eigenvalue weighted by atomic mass is 35.5. The minimum Gasteiger partial charge on any atom is -0.423 e. The van der Waals surface area contributed by atoms with Gasteiger partial charge in [0, 0.05) is 20.1 Å². The summed E-state index contributed by atoms with van der Waals surface area (Å²) in [4.78, 5) is 0. The van der Waals surface area contributed by atoms with Gasteiger partial charge in [-0.2, -0.15) is 13.2 Å². The highest BCUT2D eigenvalue weighted by molar-refractivity contribution is 6.59. The maximum absolute atomic E-state index is 12.2. The Balaban J connectivity index is 0.000000257. The summed E-state index contributed by atoms with van der Waals surface area (Å²) in [7, 11) is -1.52. The van der Waals surface area contributed by atoms with Crippen LogP contribution in [0.4, 0.5) is 13.2 Å². The zero-order valence-electron chi connectivity index (χ0n) is 12.3. The fourth-order valence-electron chi connectivity index (χ4n) is 1.62. The largest absolute Gasteiger partial charge is 0.488 e. The van der Waals surface area contributed by atoms with Crippen molar-refractivity contribution in [3.8, 4) is 0 Å². The monoisotopic (exact) mass is 430 g/mol. The first-order chi connectivity index (χ1) is 11.4. The Bertz CT molecular complexity index is 726. The summed E-state index contributed by atoms with van der Waals surface area (Å²) in [5, 5.41) is 18.5. The van der Waals surface area contributed by atoms with Crippen LogP contribution in [0, 0.1) is 0 Å². The highest BCUT2D eigenvalue weighted by Gasteiger charge is 2.33. The molecule has 0 aliphatic carbocycles. The summed E-state index contributed by atoms with van der Waals surface area (Å²) in [6.07, 6.45) is -4.46. The van der Waals surface area contributed by atoms with E-state index in [0.717, 1.165) is 0 Å². The van der Waals surface area contributed by atoms with Gasteiger partial charge in [-0.3, -0.25) is 0 Å². The van der Waals surface area contributed by atoms with Crippen LogP contribution < -0.4 is 5.46 Å². The van der Waals surface area contributed by atoms with Crippen molar-refractivity contribution in [3.05, 3.63) is 68.6 Å². The zero-order chi connectivity index (χ0) is 19.4. The Labute approximate surface area is 162 Å². The van der Waals surface area contributed by atoms with Crippen molar-refractivity contribution in [2.45, 2.75) is 6.18 Å². The van der Waals surface area contributed by atoms with Crippen LogP contribution in [0.2, 0.25) is 20.1 Å². The number of halogens is 7. The van der Waals surface area contributed by atoms with Gasteiger partial charge in [0.15, 0.2) is 0 Å². The van der Waals surface area contributed by atoms with Gasteiger partial charge in [-0.15, -0.1) is 0 Å². The lowest BCUT2D eigenvalue weighted by molar-refractivity contribution is -0.0686. The SMILES string of the molecule is C=C(c1cc(Cl)cc(Cl)c1)C(F)(F)F.OB(O)c1cc(Cl)cc(Cl)c1. The van der Waals surface area contributed by atoms with Crippen LogP contribution in [-0.4, -0.2) is 23.3 Å². The topological polar surface area (TPSA) is 40.5 Å². The van der Waals surface area contributed by atoms with E-state index in [1.54, 1.807) is 0 Å². The lowest BCUT2D eigenvalue weighted by Crippen LogP contribution is -2.29. The molecule has 10 heteroatoms. The quantitative estimate of drug-likeness (QED) is 0.638. The molecule has 2 aromatic carbocycles. The second-order valence-corrected chi connectivity index (χ2v) is 6.46. The summed E-state index contributed by atoms with van der Waals surface area (Å²) in [5.74, 6) is 0. The number of hydrogen-bond acceptors (Lipinski definition) is 2. The number of rotatable bonds is 2. The van der Waals surface area contributed by atoms with Crippen molar-refractivity contribution in [1.82, 2.24) is 0 Å². The summed E-state index contributed by atoms with van der Waals surface area (Å²) in [6, 6.07) is 8.11. The molecule has 2 aromatic rings. The number of hydrogen-bond donors (Lipinski definition) is 2. The molecule has 2 rings (SSSR count). The number of allylic oxidation sites excluding steroid dienone is 1. The van der Waals surface area contributed by atoms with E-state index in [4.69, 9.17) is 56.5 Å². The maximum atomic E-state index is 12.2. The predicted octanol–water partition coefficient (Wildman–Crippen LogP) is 5.24. The minimum absolute atomic E-state index is 0.116. The maximum Gasteiger partial charge on any atom is 0.488 e. The lowest BCUT2D eigenvalue weighted by atomic mass is 9.80. The molecular formula is C15H10BCl4F3O2. The third-order valence-electron chi connectivity index (χ3n) is 2.74. The molecule has 0 unspecified atom stereocenters. The molecule has 0 fully saturated rings. The van der Waals surface area contributed by atoms with Crippen molar-refractivity contribution in [2.24, 2.45) is 0 Å². The van der Waals surface area contributed by atoms with E-state index in [2.05, 4.69) is 6.58 Å². The van der Waals surface area contributed by atoms with Gasteiger partial charge >= 0.3 is 13.3 Å². The van der Waals surface area contributed by atoms with E-state index < -0.39 is 18.9 Å². The molecule has 0 atom stereocenters. The smallest absolute Gasteiger partial charge is 0.423 e. The first kappa shape index (κ1) is 22.2. The molecule has 0 amide bonds. The second-order valence-electron chi connectivity index (χ2n) is 4.71. The van der Waals surface area contributed by atoms with E-state index in [-0.39, 0.29) is 15.6 Å². The first-order valence-electron chi connectivity index (χ1n) is 6.45. The standard InChI is InChI=1S/C9H5Cl2F3.C6H5BCl2O2/c1-5(9(12,13)14)6-2-7(10)4-8(11)3-6;8-5-1-4(7(10)11)2-6(9)3-5/h2-4H,1H2;1-3,10-11H. The molecule has 0 saturated heterocycles. The molecule has 0 aliphatic rings. The van der Waals surface area contributed by atoms with Crippen molar-refractivity contribution in [3.63, 3.8) is 0 Å². The zero-order valence-corrected chi connectivity index (χ0v) is 15.3. The van der Waals surface area contributed by atoms with Gasteiger partial charge in [-0.05, 0) is 47.4 Å². The molecule has 0 bridgehead atoms. The van der Waals surface area contributed by atoms with Crippen LogP contribution in [0.15, 0.2) is 43.0 Å². The molecule has 2 N–H and O–H groups in total. The summed E-state index contributed by atoms with van der Waals surface area (Å²) < 4.78 is 36.6. The fourth-order valence-corrected chi connectivity index (χ4v) is 2.68. The Morgan fingerprint density at radius 2 is 1.16 bits per heavy atom. The van der Waals surface area contributed by atoms with E-state index in [1.165, 1.54) is 36.4 Å². The summed E-state index contributed by atoms with van der Waals surface area (Å²) in [6.45, 7) is 2.94. The molecular weight excluding hydrogens is 422 g/mol. The van der Waals surface area contributed by atoms with Gasteiger partial charge in [0.1, 0.15) is 0 Å². The van der Waals surface area contributed by atoms with Crippen LogP contribution in [-0.2, 0) is 0 Å². The normalized spacial score (nSPS) is 10.8. The van der Waals surface area contributed by atoms with Crippen LogP contribution in [0.1, 0.15) is 5.56 Å². The molecule has 0 spiro atoms. The van der Waals surface area contributed by atoms with Crippen molar-refractivity contribution in [2.75, 3.05) is 0 Å². The molecule has 25 heavy (non-hydrogen) atoms. The van der Waals surface area contributed by atoms with Gasteiger partial charge in [0.25, 0.3) is 0 Å². The Hall–Kier alpha value is -0.885. The number of benzene rings is 2. The van der Waals surface area contributed by atoms with Gasteiger partial charge in [-0.1, -0.05) is 53.0 Å². The first-order valence-corrected chi connectivity index (χ1v) is 7.96. The second kappa shape index (κ2) is 9.17. The molecule has 0 saturated carbocycles. The van der Waals surface area contributed by atoms with Crippen LogP contribution in [0.3, 0.4) is 0 Å². The Morgan fingerprint density at radius 3 is 1.48 bits per heavy atom. The molecule has 0 aromatic heterocycles. The fraction of sp³-hybridized carbons (Fsp3) is 0.0667. The van der Waals surface area contributed by atoms with Crippen molar-refractivity contribution >= 4 is 64.6 Å². The number of alkyl halides is 3. The average Bonchev–Trinajstić information content (AvgIpc) is 2.44. The summed E-state index contributed by atoms with van der Waals surface area (Å²) >= 11 is 22.3. The van der Waals surface area contributed by atoms with Crippen molar-refractivity contribution < 1.29 is 23.2 Å². The minimum atomic E-state index is -4.46. The molecule has 0 radical (unpaired) electrons. The van der Waals surface area contributed by atoms with Gasteiger partial charge in [0.2, 0.25) is 0 Å². The molecule has 0 aliphatic heterocycles. The van der Waals surface area contributed by atoms with Gasteiger partial charge in [-0.25, -0.2) is 0 Å². The van der Waals surface area contributed by atoms with E-state index >= 15 is 0 Å². The van der Waals surface area contributed by atoms with E-state index in [1.807, 2.05) is 0 Å². The average molecular weight is 432 g/mol.